The van der Waals surface area contributed by atoms with Crippen molar-refractivity contribution in [2.75, 3.05) is 13.1 Å². The van der Waals surface area contributed by atoms with Gasteiger partial charge in [0.1, 0.15) is 10.0 Å². The quantitative estimate of drug-likeness (QED) is 0.0629. The van der Waals surface area contributed by atoms with Gasteiger partial charge in [0.15, 0.2) is 0 Å². The number of thiazole rings is 2. The summed E-state index contributed by atoms with van der Waals surface area (Å²) in [6, 6.07) is 0. The summed E-state index contributed by atoms with van der Waals surface area (Å²) in [6.07, 6.45) is 44.0. The van der Waals surface area contributed by atoms with Gasteiger partial charge in [-0.2, -0.15) is 0 Å². The Kier molecular flexibility index (Phi) is 27.1. The van der Waals surface area contributed by atoms with Gasteiger partial charge in [-0.25, -0.2) is 9.97 Å². The minimum absolute atomic E-state index is 0.0436. The Labute approximate surface area is 403 Å². The van der Waals surface area contributed by atoms with Crippen LogP contribution in [-0.4, -0.2) is 44.7 Å². The van der Waals surface area contributed by atoms with Crippen molar-refractivity contribution in [3.05, 3.63) is 41.1 Å². The van der Waals surface area contributed by atoms with E-state index in [1.54, 1.807) is 0 Å². The maximum atomic E-state index is 15.2. The van der Waals surface area contributed by atoms with Gasteiger partial charge in [0, 0.05) is 13.1 Å². The fourth-order valence-electron chi connectivity index (χ4n) is 9.65. The predicted octanol–water partition coefficient (Wildman–Crippen LogP) is 17.7. The number of carbonyl (C=O) groups excluding carboxylic acids is 2. The number of amides is 2. The Morgan fingerprint density at radius 1 is 0.435 bits per heavy atom. The number of halogens is 2. The van der Waals surface area contributed by atoms with E-state index in [1.165, 1.54) is 202 Å². The van der Waals surface area contributed by atoms with Crippen LogP contribution < -0.4 is 0 Å². The monoisotopic (exact) mass is 1020 g/mol. The number of unbranched alkanes of at least 4 members (excludes halogenated alkanes) is 24. The Bertz CT molecular complexity index is 1520. The zero-order valence-corrected chi connectivity index (χ0v) is 44.3. The SMILES string of the molecule is CCCCCCCCCCC(CCCCCCCC)CN1C(=O)C2=C(c3ncc(Br)s3)N(CC(CCCCCCCC)CCCCCCCCCC)C(=O)C2=C1c1ncc(Br)s1. The molecule has 2 aromatic heterocycles. The first kappa shape index (κ1) is 53.3. The minimum atomic E-state index is -0.0436. The summed E-state index contributed by atoms with van der Waals surface area (Å²) in [7, 11) is 0. The van der Waals surface area contributed by atoms with Crippen LogP contribution in [0.5, 0.6) is 0 Å². The number of nitrogens with zero attached hydrogens (tertiary/aromatic N) is 4. The summed E-state index contributed by atoms with van der Waals surface area (Å²) in [5, 5.41) is 1.50. The molecule has 2 aliphatic rings. The number of aromatic nitrogens is 2. The molecule has 0 aromatic carbocycles. The maximum Gasteiger partial charge on any atom is 0.261 e. The van der Waals surface area contributed by atoms with Gasteiger partial charge in [-0.1, -0.05) is 207 Å². The molecular weight excluding hydrogens is 937 g/mol. The van der Waals surface area contributed by atoms with Crippen LogP contribution in [-0.2, 0) is 9.59 Å². The third-order valence-corrected chi connectivity index (χ3v) is 16.3. The van der Waals surface area contributed by atoms with Crippen LogP contribution in [0.4, 0.5) is 0 Å². The predicted molar refractivity (Wildman–Crippen MR) is 274 cm³/mol. The molecule has 2 amide bonds. The van der Waals surface area contributed by atoms with Crippen molar-refractivity contribution in [2.45, 2.75) is 233 Å². The van der Waals surface area contributed by atoms with Crippen molar-refractivity contribution in [1.29, 1.82) is 0 Å². The van der Waals surface area contributed by atoms with Crippen LogP contribution in [0.2, 0.25) is 0 Å². The highest BCUT2D eigenvalue weighted by Gasteiger charge is 2.51. The number of carbonyl (C=O) groups is 2. The largest absolute Gasteiger partial charge is 0.304 e. The van der Waals surface area contributed by atoms with E-state index in [1.807, 2.05) is 22.2 Å². The van der Waals surface area contributed by atoms with E-state index in [0.717, 1.165) is 54.7 Å². The molecule has 0 aliphatic carbocycles. The van der Waals surface area contributed by atoms with Gasteiger partial charge in [0.25, 0.3) is 11.8 Å². The highest BCUT2D eigenvalue weighted by molar-refractivity contribution is 9.11. The third-order valence-electron chi connectivity index (χ3n) is 13.3. The molecule has 2 atom stereocenters. The average Bonchev–Trinajstić information content (AvgIpc) is 4.03. The summed E-state index contributed by atoms with van der Waals surface area (Å²) in [5.74, 6) is 0.664. The lowest BCUT2D eigenvalue weighted by molar-refractivity contribution is -0.124. The molecule has 0 spiro atoms. The van der Waals surface area contributed by atoms with Crippen molar-refractivity contribution >= 4 is 77.7 Å². The summed E-state index contributed by atoms with van der Waals surface area (Å²) >= 11 is 10.4. The van der Waals surface area contributed by atoms with Crippen LogP contribution in [0.3, 0.4) is 0 Å². The zero-order valence-electron chi connectivity index (χ0n) is 39.5. The molecule has 2 unspecified atom stereocenters. The molecule has 62 heavy (non-hydrogen) atoms. The Morgan fingerprint density at radius 3 is 0.935 bits per heavy atom. The summed E-state index contributed by atoms with van der Waals surface area (Å²) in [5.41, 5.74) is 2.55. The molecule has 2 aromatic rings. The molecular formula is C52H84Br2N4O2S2. The van der Waals surface area contributed by atoms with Gasteiger partial charge in [-0.15, -0.1) is 22.7 Å². The van der Waals surface area contributed by atoms with Crippen LogP contribution in [0.25, 0.3) is 11.4 Å². The molecule has 4 heterocycles. The van der Waals surface area contributed by atoms with Crippen molar-refractivity contribution < 1.29 is 9.59 Å². The van der Waals surface area contributed by atoms with Crippen molar-refractivity contribution in [2.24, 2.45) is 11.8 Å². The molecule has 0 bridgehead atoms. The fraction of sp³-hybridized carbons (Fsp3) is 0.769. The van der Waals surface area contributed by atoms with Crippen LogP contribution in [0.1, 0.15) is 243 Å². The molecule has 350 valence electrons. The summed E-state index contributed by atoms with van der Waals surface area (Å²) < 4.78 is 1.81. The highest BCUT2D eigenvalue weighted by atomic mass is 79.9. The zero-order chi connectivity index (χ0) is 44.4. The van der Waals surface area contributed by atoms with Crippen molar-refractivity contribution in [3.8, 4) is 0 Å². The summed E-state index contributed by atoms with van der Waals surface area (Å²) in [4.78, 5) is 44.2. The maximum absolute atomic E-state index is 15.2. The highest BCUT2D eigenvalue weighted by Crippen LogP contribution is 2.49. The van der Waals surface area contributed by atoms with Gasteiger partial charge in [0.05, 0.1) is 42.5 Å². The smallest absolute Gasteiger partial charge is 0.261 e. The topological polar surface area (TPSA) is 66.4 Å². The second-order valence-electron chi connectivity index (χ2n) is 18.6. The first-order valence-corrected chi connectivity index (χ1v) is 28.9. The molecule has 0 saturated heterocycles. The van der Waals surface area contributed by atoms with Gasteiger partial charge in [-0.3, -0.25) is 9.59 Å². The molecule has 0 saturated carbocycles. The number of rotatable bonds is 38. The standard InChI is InChI=1S/C52H84Br2N4O2S2/c1-5-9-13-17-21-23-27-31-35-41(33-29-25-19-15-11-7-3)39-57-47(49-55-37-43(53)61-49)45-46(51(57)59)48(50-56-38-44(54)62-50)58(52(45)60)40-42(34-30-26-20-16-12-8-4)36-32-28-24-22-18-14-10-6-2/h37-38,41-42H,5-36,39-40H2,1-4H3. The van der Waals surface area contributed by atoms with E-state index >= 15 is 9.59 Å². The van der Waals surface area contributed by atoms with Crippen molar-refractivity contribution in [1.82, 2.24) is 19.8 Å². The van der Waals surface area contributed by atoms with Gasteiger partial charge < -0.3 is 9.80 Å². The molecule has 0 fully saturated rings. The number of hydrogen-bond donors (Lipinski definition) is 0. The minimum Gasteiger partial charge on any atom is -0.304 e. The molecule has 4 rings (SSSR count). The second-order valence-corrected chi connectivity index (χ2v) is 23.4. The van der Waals surface area contributed by atoms with E-state index in [2.05, 4.69) is 59.6 Å². The summed E-state index contributed by atoms with van der Waals surface area (Å²) in [6.45, 7) is 10.4. The Balaban J connectivity index is 1.62. The third kappa shape index (κ3) is 17.8. The fourth-order valence-corrected chi connectivity index (χ4v) is 12.2. The van der Waals surface area contributed by atoms with E-state index in [9.17, 15) is 0 Å². The Hall–Kier alpha value is -1.36. The normalized spacial score (nSPS) is 15.3. The van der Waals surface area contributed by atoms with Crippen LogP contribution >= 0.6 is 54.5 Å². The number of fused-ring (bicyclic) bond motifs is 1. The lowest BCUT2D eigenvalue weighted by Crippen LogP contribution is -2.35. The molecule has 2 aliphatic heterocycles. The molecule has 0 N–H and O–H groups in total. The van der Waals surface area contributed by atoms with E-state index < -0.39 is 0 Å². The van der Waals surface area contributed by atoms with Gasteiger partial charge >= 0.3 is 0 Å². The van der Waals surface area contributed by atoms with Crippen LogP contribution in [0, 0.1) is 11.8 Å². The first-order valence-electron chi connectivity index (χ1n) is 25.7. The molecule has 10 heteroatoms. The first-order chi connectivity index (χ1) is 30.3. The average molecular weight is 1020 g/mol. The lowest BCUT2D eigenvalue weighted by Gasteiger charge is -2.29. The molecule has 6 nitrogen and oxygen atoms in total. The van der Waals surface area contributed by atoms with Gasteiger partial charge in [0.2, 0.25) is 0 Å². The van der Waals surface area contributed by atoms with E-state index in [4.69, 9.17) is 9.97 Å². The van der Waals surface area contributed by atoms with Crippen LogP contribution in [0.15, 0.2) is 31.1 Å². The van der Waals surface area contributed by atoms with E-state index in [-0.39, 0.29) is 11.8 Å². The van der Waals surface area contributed by atoms with Gasteiger partial charge in [-0.05, 0) is 69.4 Å². The Morgan fingerprint density at radius 2 is 0.694 bits per heavy atom. The van der Waals surface area contributed by atoms with E-state index in [0.29, 0.717) is 36.1 Å². The van der Waals surface area contributed by atoms with Crippen molar-refractivity contribution in [3.63, 3.8) is 0 Å². The lowest BCUT2D eigenvalue weighted by atomic mass is 9.93. The second kappa shape index (κ2) is 31.5. The molecule has 0 radical (unpaired) electrons. The number of hydrogen-bond acceptors (Lipinski definition) is 6.